The number of nitrogens with one attached hydrogen (secondary N) is 1. The smallest absolute Gasteiger partial charge is 0.254 e. The van der Waals surface area contributed by atoms with Crippen molar-refractivity contribution in [3.05, 3.63) is 47.1 Å². The van der Waals surface area contributed by atoms with Crippen LogP contribution in [0, 0.1) is 5.92 Å². The molecule has 2 amide bonds. The van der Waals surface area contributed by atoms with Gasteiger partial charge in [-0.2, -0.15) is 0 Å². The first-order valence-electron chi connectivity index (χ1n) is 10.9. The Labute approximate surface area is 198 Å². The van der Waals surface area contributed by atoms with Gasteiger partial charge >= 0.3 is 0 Å². The van der Waals surface area contributed by atoms with E-state index in [1.54, 1.807) is 6.07 Å². The van der Waals surface area contributed by atoms with Crippen molar-refractivity contribution in [2.75, 3.05) is 36.8 Å². The maximum atomic E-state index is 12.8. The van der Waals surface area contributed by atoms with E-state index >= 15 is 0 Å². The number of carbonyl (C=O) groups is 2. The van der Waals surface area contributed by atoms with Crippen molar-refractivity contribution in [2.24, 2.45) is 5.92 Å². The highest BCUT2D eigenvalue weighted by atomic mass is 35.5. The van der Waals surface area contributed by atoms with Crippen LogP contribution in [0.15, 0.2) is 41.6 Å². The Kier molecular flexibility index (Phi) is 8.75. The van der Waals surface area contributed by atoms with Crippen molar-refractivity contribution >= 4 is 41.0 Å². The first-order valence-corrected chi connectivity index (χ1v) is 12.2. The van der Waals surface area contributed by atoms with Gasteiger partial charge in [0.15, 0.2) is 5.16 Å². The predicted octanol–water partition coefficient (Wildman–Crippen LogP) is 3.74. The van der Waals surface area contributed by atoms with Gasteiger partial charge in [0.2, 0.25) is 5.91 Å². The maximum Gasteiger partial charge on any atom is 0.254 e. The minimum atomic E-state index is -0.0394. The second-order valence-corrected chi connectivity index (χ2v) is 9.64. The summed E-state index contributed by atoms with van der Waals surface area (Å²) in [5.74, 6) is 1.51. The number of aromatic nitrogens is 2. The molecular formula is C23H30ClN5O2S. The van der Waals surface area contributed by atoms with E-state index in [4.69, 9.17) is 11.6 Å². The molecule has 1 saturated heterocycles. The third-order valence-corrected chi connectivity index (χ3v) is 6.31. The van der Waals surface area contributed by atoms with Gasteiger partial charge in [0.1, 0.15) is 11.0 Å². The Bertz CT molecular complexity index is 928. The third-order valence-electron chi connectivity index (χ3n) is 5.27. The fourth-order valence-corrected chi connectivity index (χ4v) is 4.42. The molecule has 172 valence electrons. The topological polar surface area (TPSA) is 78.4 Å². The molecule has 0 radical (unpaired) electrons. The van der Waals surface area contributed by atoms with Crippen LogP contribution in [-0.2, 0) is 4.79 Å². The summed E-state index contributed by atoms with van der Waals surface area (Å²) in [4.78, 5) is 37.8. The fourth-order valence-electron chi connectivity index (χ4n) is 3.51. The van der Waals surface area contributed by atoms with E-state index in [1.807, 2.05) is 42.2 Å². The first-order chi connectivity index (χ1) is 15.3. The molecule has 9 heteroatoms. The Morgan fingerprint density at radius 2 is 1.97 bits per heavy atom. The highest BCUT2D eigenvalue weighted by Crippen LogP contribution is 2.24. The zero-order valence-corrected chi connectivity index (χ0v) is 20.3. The van der Waals surface area contributed by atoms with E-state index in [1.165, 1.54) is 11.8 Å². The molecule has 0 saturated carbocycles. The summed E-state index contributed by atoms with van der Waals surface area (Å²) in [6.45, 7) is 8.84. The van der Waals surface area contributed by atoms with Gasteiger partial charge in [0.05, 0.1) is 5.75 Å². The number of hydrogen-bond acceptors (Lipinski definition) is 6. The zero-order valence-electron chi connectivity index (χ0n) is 18.8. The number of nitrogens with zero attached hydrogens (tertiary/aromatic N) is 4. The lowest BCUT2D eigenvalue weighted by Crippen LogP contribution is -2.54. The quantitative estimate of drug-likeness (QED) is 0.356. The second kappa shape index (κ2) is 11.5. The predicted molar refractivity (Wildman–Crippen MR) is 129 cm³/mol. The summed E-state index contributed by atoms with van der Waals surface area (Å²) in [6, 6.07) is 11.1. The number of thioether (sulfide) groups is 1. The summed E-state index contributed by atoms with van der Waals surface area (Å²) in [6.07, 6.45) is 0.950. The molecule has 7 nitrogen and oxygen atoms in total. The van der Waals surface area contributed by atoms with Gasteiger partial charge in [0, 0.05) is 43.9 Å². The Morgan fingerprint density at radius 3 is 2.66 bits per heavy atom. The van der Waals surface area contributed by atoms with Crippen molar-refractivity contribution in [1.29, 1.82) is 0 Å². The number of hydrogen-bond donors (Lipinski definition) is 1. The zero-order chi connectivity index (χ0) is 23.1. The molecule has 1 N–H and O–H groups in total. The second-order valence-electron chi connectivity index (χ2n) is 8.31. The van der Waals surface area contributed by atoms with Crippen molar-refractivity contribution in [2.45, 2.75) is 38.4 Å². The fraction of sp³-hybridized carbons (Fsp3) is 0.478. The molecule has 0 aliphatic carbocycles. The molecule has 1 aliphatic heterocycles. The number of rotatable bonds is 8. The molecule has 2 heterocycles. The van der Waals surface area contributed by atoms with Crippen LogP contribution in [0.2, 0.25) is 5.15 Å². The van der Waals surface area contributed by atoms with Crippen LogP contribution >= 0.6 is 23.4 Å². The third kappa shape index (κ3) is 6.84. The average molecular weight is 476 g/mol. The Hall–Kier alpha value is -2.32. The van der Waals surface area contributed by atoms with Crippen LogP contribution in [0.1, 0.15) is 37.6 Å². The van der Waals surface area contributed by atoms with Gasteiger partial charge in [-0.1, -0.05) is 55.4 Å². The average Bonchev–Trinajstić information content (AvgIpc) is 2.77. The van der Waals surface area contributed by atoms with Gasteiger partial charge in [-0.3, -0.25) is 9.59 Å². The Morgan fingerprint density at radius 1 is 1.22 bits per heavy atom. The molecule has 1 fully saturated rings. The Balaban J connectivity index is 1.58. The first kappa shape index (κ1) is 24.3. The normalized spacial score (nSPS) is 16.3. The molecule has 1 aromatic heterocycles. The monoisotopic (exact) mass is 475 g/mol. The number of amides is 2. The van der Waals surface area contributed by atoms with E-state index in [-0.39, 0.29) is 23.6 Å². The molecule has 1 aromatic carbocycles. The van der Waals surface area contributed by atoms with Crippen molar-refractivity contribution in [1.82, 2.24) is 20.2 Å². The van der Waals surface area contributed by atoms with Gasteiger partial charge in [-0.05, 0) is 31.4 Å². The number of benzene rings is 1. The molecule has 0 spiro atoms. The van der Waals surface area contributed by atoms with Crippen molar-refractivity contribution in [3.63, 3.8) is 0 Å². The number of halogens is 1. The maximum absolute atomic E-state index is 12.8. The molecule has 1 atom stereocenters. The molecule has 32 heavy (non-hydrogen) atoms. The summed E-state index contributed by atoms with van der Waals surface area (Å²) in [7, 11) is 0. The molecular weight excluding hydrogens is 446 g/mol. The number of anilines is 1. The summed E-state index contributed by atoms with van der Waals surface area (Å²) in [5, 5.41) is 3.73. The standard InChI is InChI=1S/C23H30ClN5O2S/c1-16(2)9-10-25-21(30)15-32-23-26-19(24)13-20(27-23)28-11-12-29(17(3)14-28)22(31)18-7-5-4-6-8-18/h4-8,13,16-17H,9-12,14-15H2,1-3H3,(H,25,30). The van der Waals surface area contributed by atoms with Gasteiger partial charge in [0.25, 0.3) is 5.91 Å². The molecule has 1 aliphatic rings. The van der Waals surface area contributed by atoms with Gasteiger partial charge in [-0.15, -0.1) is 0 Å². The highest BCUT2D eigenvalue weighted by molar-refractivity contribution is 7.99. The number of carbonyl (C=O) groups excluding carboxylic acids is 2. The van der Waals surface area contributed by atoms with Crippen LogP contribution < -0.4 is 10.2 Å². The van der Waals surface area contributed by atoms with E-state index in [0.29, 0.717) is 53.8 Å². The largest absolute Gasteiger partial charge is 0.355 e. The minimum Gasteiger partial charge on any atom is -0.355 e. The summed E-state index contributed by atoms with van der Waals surface area (Å²) in [5.41, 5.74) is 0.697. The lowest BCUT2D eigenvalue weighted by molar-refractivity contribution is -0.118. The molecule has 1 unspecified atom stereocenters. The molecule has 3 rings (SSSR count). The van der Waals surface area contributed by atoms with Crippen molar-refractivity contribution in [3.8, 4) is 0 Å². The minimum absolute atomic E-state index is 0.0213. The van der Waals surface area contributed by atoms with Crippen LogP contribution in [-0.4, -0.2) is 64.7 Å². The van der Waals surface area contributed by atoms with Crippen LogP contribution in [0.5, 0.6) is 0 Å². The van der Waals surface area contributed by atoms with Crippen LogP contribution in [0.3, 0.4) is 0 Å². The van der Waals surface area contributed by atoms with Gasteiger partial charge < -0.3 is 15.1 Å². The van der Waals surface area contributed by atoms with Crippen LogP contribution in [0.25, 0.3) is 0 Å². The highest BCUT2D eigenvalue weighted by Gasteiger charge is 2.29. The molecule has 2 aromatic rings. The lowest BCUT2D eigenvalue weighted by Gasteiger charge is -2.40. The van der Waals surface area contributed by atoms with Crippen LogP contribution in [0.4, 0.5) is 5.82 Å². The van der Waals surface area contributed by atoms with Gasteiger partial charge in [-0.25, -0.2) is 9.97 Å². The van der Waals surface area contributed by atoms with E-state index in [2.05, 4.69) is 34.0 Å². The van der Waals surface area contributed by atoms with Crippen molar-refractivity contribution < 1.29 is 9.59 Å². The van der Waals surface area contributed by atoms with E-state index in [0.717, 1.165) is 6.42 Å². The summed E-state index contributed by atoms with van der Waals surface area (Å²) >= 11 is 7.52. The van der Waals surface area contributed by atoms with E-state index < -0.39 is 0 Å². The van der Waals surface area contributed by atoms with E-state index in [9.17, 15) is 9.59 Å². The lowest BCUT2D eigenvalue weighted by atomic mass is 10.1. The molecule has 0 bridgehead atoms. The number of piperazine rings is 1. The summed E-state index contributed by atoms with van der Waals surface area (Å²) < 4.78 is 0. The SMILES string of the molecule is CC(C)CCNC(=O)CSc1nc(Cl)cc(N2CCN(C(=O)c3ccccc3)C(C)C2)n1.